The van der Waals surface area contributed by atoms with Gasteiger partial charge in [-0.25, -0.2) is 19.6 Å². The average molecular weight is 427 g/mol. The third-order valence-electron chi connectivity index (χ3n) is 6.23. The van der Waals surface area contributed by atoms with Crippen LogP contribution in [0.5, 0.6) is 0 Å². The Balaban J connectivity index is 1.65. The number of hydrogen-bond acceptors (Lipinski definition) is 4. The van der Waals surface area contributed by atoms with Gasteiger partial charge in [0.05, 0.1) is 0 Å². The molecule has 2 aromatic carbocycles. The summed E-state index contributed by atoms with van der Waals surface area (Å²) in [5.41, 5.74) is 1.06. The van der Waals surface area contributed by atoms with Crippen LogP contribution in [0.25, 0.3) is 0 Å². The van der Waals surface area contributed by atoms with Crippen LogP contribution in [0, 0.1) is 5.92 Å². The molecule has 0 aromatic heterocycles. The topological polar surface area (TPSA) is 36.9 Å². The highest BCUT2D eigenvalue weighted by molar-refractivity contribution is 5.21. The normalized spacial score (nSPS) is 22.4. The summed E-state index contributed by atoms with van der Waals surface area (Å²) < 4.78 is 0. The molecule has 0 amide bonds. The van der Waals surface area contributed by atoms with E-state index in [0.29, 0.717) is 5.92 Å². The molecule has 1 fully saturated rings. The molecular weight excluding hydrogens is 388 g/mol. The molecule has 4 nitrogen and oxygen atoms in total. The molecule has 0 radical (unpaired) electrons. The maximum absolute atomic E-state index is 6.06. The highest BCUT2D eigenvalue weighted by Gasteiger charge is 2.37. The van der Waals surface area contributed by atoms with E-state index in [1.807, 2.05) is 64.1 Å². The zero-order valence-electron chi connectivity index (χ0n) is 19.7. The van der Waals surface area contributed by atoms with Gasteiger partial charge in [-0.1, -0.05) is 80.4 Å². The second-order valence-corrected chi connectivity index (χ2v) is 9.66. The highest BCUT2D eigenvalue weighted by atomic mass is 17.2. The van der Waals surface area contributed by atoms with Crippen molar-refractivity contribution in [3.05, 3.63) is 71.8 Å². The van der Waals surface area contributed by atoms with E-state index in [0.717, 1.165) is 30.4 Å². The van der Waals surface area contributed by atoms with Gasteiger partial charge in [0.2, 0.25) is 0 Å². The smallest absolute Gasteiger partial charge is 0.123 e. The van der Waals surface area contributed by atoms with Crippen molar-refractivity contribution < 1.29 is 19.6 Å². The van der Waals surface area contributed by atoms with Gasteiger partial charge < -0.3 is 0 Å². The van der Waals surface area contributed by atoms with Crippen LogP contribution in [0.4, 0.5) is 0 Å². The number of rotatable bonds is 10. The zero-order valence-corrected chi connectivity index (χ0v) is 19.7. The van der Waals surface area contributed by atoms with Crippen LogP contribution in [0.3, 0.4) is 0 Å². The maximum Gasteiger partial charge on any atom is 0.123 e. The SMILES string of the molecule is CCCC1CCC(OOC(C)(C)c2ccccc2)C(OOC(C)(C)c2ccccc2)C1. The summed E-state index contributed by atoms with van der Waals surface area (Å²) in [4.78, 5) is 24.0. The lowest BCUT2D eigenvalue weighted by atomic mass is 9.83. The minimum absolute atomic E-state index is 0.164. The molecule has 3 rings (SSSR count). The Morgan fingerprint density at radius 2 is 1.19 bits per heavy atom. The molecule has 0 aliphatic heterocycles. The Kier molecular flexibility index (Phi) is 8.29. The van der Waals surface area contributed by atoms with E-state index < -0.39 is 11.2 Å². The van der Waals surface area contributed by atoms with Gasteiger partial charge in [0.15, 0.2) is 0 Å². The van der Waals surface area contributed by atoms with Crippen molar-refractivity contribution >= 4 is 0 Å². The molecule has 0 saturated heterocycles. The molecule has 170 valence electrons. The van der Waals surface area contributed by atoms with E-state index in [4.69, 9.17) is 19.6 Å². The molecule has 0 N–H and O–H groups in total. The zero-order chi connectivity index (χ0) is 22.3. The van der Waals surface area contributed by atoms with Crippen LogP contribution < -0.4 is 0 Å². The fourth-order valence-corrected chi connectivity index (χ4v) is 4.21. The summed E-state index contributed by atoms with van der Waals surface area (Å²) in [5, 5.41) is 0. The minimum Gasteiger partial charge on any atom is -0.230 e. The summed E-state index contributed by atoms with van der Waals surface area (Å²) in [7, 11) is 0. The van der Waals surface area contributed by atoms with Gasteiger partial charge in [0.25, 0.3) is 0 Å². The first-order chi connectivity index (χ1) is 14.8. The summed E-state index contributed by atoms with van der Waals surface area (Å²) >= 11 is 0. The van der Waals surface area contributed by atoms with E-state index >= 15 is 0 Å². The Morgan fingerprint density at radius 3 is 1.68 bits per heavy atom. The molecule has 3 atom stereocenters. The van der Waals surface area contributed by atoms with E-state index in [9.17, 15) is 0 Å². The maximum atomic E-state index is 6.06. The van der Waals surface area contributed by atoms with Crippen LogP contribution in [0.15, 0.2) is 60.7 Å². The van der Waals surface area contributed by atoms with Gasteiger partial charge in [-0.3, -0.25) is 0 Å². The molecular formula is C27H38O4. The fourth-order valence-electron chi connectivity index (χ4n) is 4.21. The molecule has 1 saturated carbocycles. The van der Waals surface area contributed by atoms with Crippen molar-refractivity contribution in [3.63, 3.8) is 0 Å². The van der Waals surface area contributed by atoms with E-state index in [1.165, 1.54) is 12.8 Å². The molecule has 1 aliphatic rings. The Labute approximate surface area is 187 Å². The van der Waals surface area contributed by atoms with Crippen LogP contribution in [0.1, 0.15) is 77.8 Å². The highest BCUT2D eigenvalue weighted by Crippen LogP contribution is 2.35. The Bertz CT molecular complexity index is 772. The molecule has 0 heterocycles. The summed E-state index contributed by atoms with van der Waals surface area (Å²) in [6.45, 7) is 10.3. The van der Waals surface area contributed by atoms with Crippen LogP contribution in [-0.2, 0) is 30.8 Å². The second kappa shape index (κ2) is 10.7. The quantitative estimate of drug-likeness (QED) is 0.300. The van der Waals surface area contributed by atoms with Crippen molar-refractivity contribution in [2.24, 2.45) is 5.92 Å². The van der Waals surface area contributed by atoms with Gasteiger partial charge >= 0.3 is 0 Å². The van der Waals surface area contributed by atoms with E-state index in [1.54, 1.807) is 0 Å². The van der Waals surface area contributed by atoms with E-state index in [-0.39, 0.29) is 12.2 Å². The van der Waals surface area contributed by atoms with Gasteiger partial charge in [-0.05, 0) is 64.0 Å². The predicted molar refractivity (Wildman–Crippen MR) is 123 cm³/mol. The van der Waals surface area contributed by atoms with E-state index in [2.05, 4.69) is 31.2 Å². The number of hydrogen-bond donors (Lipinski definition) is 0. The lowest BCUT2D eigenvalue weighted by Gasteiger charge is -2.37. The Hall–Kier alpha value is -1.72. The van der Waals surface area contributed by atoms with Gasteiger partial charge in [-0.15, -0.1) is 0 Å². The molecule has 4 heteroatoms. The lowest BCUT2D eigenvalue weighted by molar-refractivity contribution is -0.443. The van der Waals surface area contributed by atoms with Gasteiger partial charge in [-0.2, -0.15) is 0 Å². The molecule has 1 aliphatic carbocycles. The second-order valence-electron chi connectivity index (χ2n) is 9.66. The first-order valence-corrected chi connectivity index (χ1v) is 11.6. The van der Waals surface area contributed by atoms with Crippen molar-refractivity contribution in [1.82, 2.24) is 0 Å². The molecule has 0 spiro atoms. The summed E-state index contributed by atoms with van der Waals surface area (Å²) in [6.07, 6.45) is 4.98. The van der Waals surface area contributed by atoms with Crippen LogP contribution in [0.2, 0.25) is 0 Å². The monoisotopic (exact) mass is 426 g/mol. The molecule has 2 aromatic rings. The summed E-state index contributed by atoms with van der Waals surface area (Å²) in [5.74, 6) is 0.625. The average Bonchev–Trinajstić information content (AvgIpc) is 2.78. The standard InChI is InChI=1S/C27H38O4/c1-6-13-21-18-19-24(28-30-26(2,3)22-14-9-7-10-15-22)25(20-21)29-31-27(4,5)23-16-11-8-12-17-23/h7-12,14-17,21,24-25H,6,13,18-20H2,1-5H3. The first kappa shape index (κ1) is 23.9. The molecule has 31 heavy (non-hydrogen) atoms. The van der Waals surface area contributed by atoms with Crippen LogP contribution >= 0.6 is 0 Å². The largest absolute Gasteiger partial charge is 0.230 e. The molecule has 3 unspecified atom stereocenters. The predicted octanol–water partition coefficient (Wildman–Crippen LogP) is 7.09. The number of benzene rings is 2. The van der Waals surface area contributed by atoms with Gasteiger partial charge in [0, 0.05) is 0 Å². The fraction of sp³-hybridized carbons (Fsp3) is 0.556. The minimum atomic E-state index is -0.548. The third kappa shape index (κ3) is 6.63. The van der Waals surface area contributed by atoms with Gasteiger partial charge in [0.1, 0.15) is 23.4 Å². The van der Waals surface area contributed by atoms with Crippen molar-refractivity contribution in [1.29, 1.82) is 0 Å². The third-order valence-corrected chi connectivity index (χ3v) is 6.23. The van der Waals surface area contributed by atoms with Crippen LogP contribution in [-0.4, -0.2) is 12.2 Å². The Morgan fingerprint density at radius 1 is 0.710 bits per heavy atom. The lowest BCUT2D eigenvalue weighted by Crippen LogP contribution is -2.41. The first-order valence-electron chi connectivity index (χ1n) is 11.6. The van der Waals surface area contributed by atoms with Crippen molar-refractivity contribution in [2.75, 3.05) is 0 Å². The van der Waals surface area contributed by atoms with Crippen molar-refractivity contribution in [3.8, 4) is 0 Å². The molecule has 0 bridgehead atoms. The summed E-state index contributed by atoms with van der Waals surface area (Å²) in [6, 6.07) is 20.3. The van der Waals surface area contributed by atoms with Crippen molar-refractivity contribution in [2.45, 2.75) is 90.1 Å².